The minimum absolute atomic E-state index is 0.0566. The van der Waals surface area contributed by atoms with Crippen LogP contribution in [0.2, 0.25) is 0 Å². The van der Waals surface area contributed by atoms with Crippen LogP contribution in [0.25, 0.3) is 6.08 Å². The summed E-state index contributed by atoms with van der Waals surface area (Å²) in [6.07, 6.45) is 5.29. The number of phenols is 1. The number of carbonyl (C=O) groups is 1. The molecule has 172 valence electrons. The van der Waals surface area contributed by atoms with E-state index in [4.69, 9.17) is 23.7 Å². The van der Waals surface area contributed by atoms with Gasteiger partial charge in [-0.1, -0.05) is 11.6 Å². The van der Waals surface area contributed by atoms with Crippen molar-refractivity contribution in [2.75, 3.05) is 35.5 Å². The summed E-state index contributed by atoms with van der Waals surface area (Å²) in [5.41, 5.74) is 2.25. The predicted molar refractivity (Wildman–Crippen MR) is 124 cm³/mol. The summed E-state index contributed by atoms with van der Waals surface area (Å²) in [5, 5.41) is 10.9. The van der Waals surface area contributed by atoms with Crippen molar-refractivity contribution in [2.45, 2.75) is 20.3 Å². The van der Waals surface area contributed by atoms with Crippen molar-refractivity contribution in [3.8, 4) is 34.5 Å². The quantitative estimate of drug-likeness (QED) is 0.320. The molecular formula is C25H30O7. The molecule has 0 aliphatic carbocycles. The number of hydrogen-bond acceptors (Lipinski definition) is 7. The Kier molecular flexibility index (Phi) is 8.58. The van der Waals surface area contributed by atoms with E-state index >= 15 is 0 Å². The third kappa shape index (κ3) is 5.17. The van der Waals surface area contributed by atoms with Crippen LogP contribution >= 0.6 is 0 Å². The molecular weight excluding hydrogens is 412 g/mol. The first-order valence-corrected chi connectivity index (χ1v) is 9.94. The van der Waals surface area contributed by atoms with Crippen LogP contribution in [0.3, 0.4) is 0 Å². The van der Waals surface area contributed by atoms with Crippen molar-refractivity contribution in [3.05, 3.63) is 52.6 Å². The molecule has 2 aromatic rings. The van der Waals surface area contributed by atoms with E-state index in [1.54, 1.807) is 24.3 Å². The van der Waals surface area contributed by atoms with Crippen molar-refractivity contribution in [2.24, 2.45) is 0 Å². The summed E-state index contributed by atoms with van der Waals surface area (Å²) in [4.78, 5) is 13.1. The van der Waals surface area contributed by atoms with Gasteiger partial charge in [0.05, 0.1) is 35.5 Å². The molecule has 0 bridgehead atoms. The minimum Gasteiger partial charge on any atom is -0.507 e. The molecule has 0 aromatic heterocycles. The van der Waals surface area contributed by atoms with Gasteiger partial charge in [0.25, 0.3) is 0 Å². The fraction of sp³-hybridized carbons (Fsp3) is 0.320. The Hall–Kier alpha value is -3.61. The van der Waals surface area contributed by atoms with Crippen LogP contribution < -0.4 is 23.7 Å². The topological polar surface area (TPSA) is 83.5 Å². The highest BCUT2D eigenvalue weighted by molar-refractivity contribution is 6.11. The zero-order valence-electron chi connectivity index (χ0n) is 19.6. The molecule has 0 radical (unpaired) electrons. The van der Waals surface area contributed by atoms with Crippen molar-refractivity contribution in [3.63, 3.8) is 0 Å². The van der Waals surface area contributed by atoms with Crippen molar-refractivity contribution < 1.29 is 33.6 Å². The van der Waals surface area contributed by atoms with E-state index in [0.29, 0.717) is 40.5 Å². The number of ether oxygens (including phenoxy) is 5. The number of hydrogen-bond donors (Lipinski definition) is 1. The van der Waals surface area contributed by atoms with Crippen molar-refractivity contribution >= 4 is 11.9 Å². The van der Waals surface area contributed by atoms with Gasteiger partial charge in [-0.25, -0.2) is 0 Å². The number of allylic oxidation sites excluding steroid dienone is 3. The minimum atomic E-state index is -0.433. The van der Waals surface area contributed by atoms with Crippen LogP contribution in [-0.4, -0.2) is 46.4 Å². The Bertz CT molecular complexity index is 1030. The van der Waals surface area contributed by atoms with E-state index in [1.807, 2.05) is 19.9 Å². The second-order valence-corrected chi connectivity index (χ2v) is 7.09. The number of methoxy groups -OCH3 is 5. The number of phenolic OH excluding ortho intramolecular Hbond substituents is 1. The highest BCUT2D eigenvalue weighted by Gasteiger charge is 2.23. The maximum atomic E-state index is 13.1. The molecule has 0 spiro atoms. The molecule has 0 saturated heterocycles. The summed E-state index contributed by atoms with van der Waals surface area (Å²) >= 11 is 0. The Labute approximate surface area is 188 Å². The fourth-order valence-electron chi connectivity index (χ4n) is 3.25. The largest absolute Gasteiger partial charge is 0.507 e. The lowest BCUT2D eigenvalue weighted by Gasteiger charge is -2.16. The molecule has 0 aliphatic rings. The van der Waals surface area contributed by atoms with Crippen molar-refractivity contribution in [1.29, 1.82) is 0 Å². The zero-order chi connectivity index (χ0) is 23.8. The molecule has 32 heavy (non-hydrogen) atoms. The highest BCUT2D eigenvalue weighted by Crippen LogP contribution is 2.41. The number of carbonyl (C=O) groups excluding carboxylic acids is 1. The summed E-state index contributed by atoms with van der Waals surface area (Å²) in [5.74, 6) is 1.40. The van der Waals surface area contributed by atoms with E-state index in [-0.39, 0.29) is 17.1 Å². The molecule has 0 atom stereocenters. The standard InChI is InChI=1S/C25H30O7/c1-15(2)8-11-17-20(29-4)14-21(30-5)22(23(17)27)18(26)12-9-16-10-13-19(28-3)25(32-7)24(16)31-6/h8-10,12-14,27H,11H2,1-7H3/b12-9+. The summed E-state index contributed by atoms with van der Waals surface area (Å²) in [6.45, 7) is 3.91. The van der Waals surface area contributed by atoms with Gasteiger partial charge in [0.15, 0.2) is 17.3 Å². The first-order valence-electron chi connectivity index (χ1n) is 9.94. The number of aromatic hydroxyl groups is 1. The zero-order valence-corrected chi connectivity index (χ0v) is 19.6. The maximum absolute atomic E-state index is 13.1. The maximum Gasteiger partial charge on any atom is 0.203 e. The molecule has 0 heterocycles. The molecule has 0 saturated carbocycles. The highest BCUT2D eigenvalue weighted by atomic mass is 16.5. The third-order valence-electron chi connectivity index (χ3n) is 4.88. The molecule has 2 rings (SSSR count). The van der Waals surface area contributed by atoms with Crippen LogP contribution in [-0.2, 0) is 6.42 Å². The van der Waals surface area contributed by atoms with Gasteiger partial charge in [-0.15, -0.1) is 0 Å². The summed E-state index contributed by atoms with van der Waals surface area (Å²) < 4.78 is 26.9. The van der Waals surface area contributed by atoms with Crippen molar-refractivity contribution in [1.82, 2.24) is 0 Å². The monoisotopic (exact) mass is 442 g/mol. The van der Waals surface area contributed by atoms with Gasteiger partial charge >= 0.3 is 0 Å². The Morgan fingerprint density at radius 2 is 1.50 bits per heavy atom. The van der Waals surface area contributed by atoms with Gasteiger partial charge in [-0.2, -0.15) is 0 Å². The van der Waals surface area contributed by atoms with Crippen LogP contribution in [0.1, 0.15) is 35.3 Å². The molecule has 1 N–H and O–H groups in total. The lowest BCUT2D eigenvalue weighted by Crippen LogP contribution is -2.04. The SMILES string of the molecule is COc1cc(OC)c(C(=O)/C=C/c2ccc(OC)c(OC)c2OC)c(O)c1CC=C(C)C. The molecule has 0 amide bonds. The molecule has 0 unspecified atom stereocenters. The van der Waals surface area contributed by atoms with Crippen LogP contribution in [0.4, 0.5) is 0 Å². The van der Waals surface area contributed by atoms with Gasteiger partial charge in [-0.3, -0.25) is 4.79 Å². The summed E-state index contributed by atoms with van der Waals surface area (Å²) in [7, 11) is 7.48. The fourth-order valence-corrected chi connectivity index (χ4v) is 3.25. The van der Waals surface area contributed by atoms with Gasteiger partial charge < -0.3 is 28.8 Å². The van der Waals surface area contributed by atoms with E-state index in [0.717, 1.165) is 5.57 Å². The Morgan fingerprint density at radius 1 is 0.875 bits per heavy atom. The lowest BCUT2D eigenvalue weighted by molar-refractivity contribution is 0.104. The molecule has 0 aliphatic heterocycles. The second-order valence-electron chi connectivity index (χ2n) is 7.09. The molecule has 7 heteroatoms. The molecule has 2 aromatic carbocycles. The third-order valence-corrected chi connectivity index (χ3v) is 4.88. The van der Waals surface area contributed by atoms with E-state index in [2.05, 4.69) is 0 Å². The molecule has 7 nitrogen and oxygen atoms in total. The Balaban J connectivity index is 2.55. The first kappa shape index (κ1) is 24.7. The normalized spacial score (nSPS) is 10.6. The molecule has 0 fully saturated rings. The number of ketones is 1. The van der Waals surface area contributed by atoms with E-state index in [1.165, 1.54) is 41.6 Å². The average Bonchev–Trinajstić information content (AvgIpc) is 2.79. The summed E-state index contributed by atoms with van der Waals surface area (Å²) in [6, 6.07) is 5.07. The lowest BCUT2D eigenvalue weighted by atomic mass is 9.99. The second kappa shape index (κ2) is 11.1. The Morgan fingerprint density at radius 3 is 2.03 bits per heavy atom. The van der Waals surface area contributed by atoms with E-state index < -0.39 is 5.78 Å². The van der Waals surface area contributed by atoms with Crippen LogP contribution in [0.5, 0.6) is 34.5 Å². The van der Waals surface area contributed by atoms with Gasteiger partial charge in [0, 0.05) is 17.2 Å². The predicted octanol–water partition coefficient (Wildman–Crippen LogP) is 4.84. The number of benzene rings is 2. The van der Waals surface area contributed by atoms with Crippen LogP contribution in [0.15, 0.2) is 35.9 Å². The first-order chi connectivity index (χ1) is 15.3. The smallest absolute Gasteiger partial charge is 0.203 e. The average molecular weight is 443 g/mol. The number of rotatable bonds is 10. The van der Waals surface area contributed by atoms with E-state index in [9.17, 15) is 9.90 Å². The van der Waals surface area contributed by atoms with Crippen LogP contribution in [0, 0.1) is 0 Å². The van der Waals surface area contributed by atoms with Gasteiger partial charge in [0.1, 0.15) is 22.8 Å². The van der Waals surface area contributed by atoms with Gasteiger partial charge in [-0.05, 0) is 44.6 Å². The van der Waals surface area contributed by atoms with Gasteiger partial charge in [0.2, 0.25) is 5.75 Å².